The van der Waals surface area contributed by atoms with E-state index in [0.717, 1.165) is 6.10 Å². The summed E-state index contributed by atoms with van der Waals surface area (Å²) in [6.45, 7) is 12.2. The van der Waals surface area contributed by atoms with Crippen molar-refractivity contribution in [3.63, 3.8) is 0 Å². The molecule has 0 saturated carbocycles. The standard InChI is InChI=1S/C10H19O2.Li/c1-7-9(3,4)12-10(5,6)8(2)11-7;/h7H,1-6H3;/q-1;+1. The van der Waals surface area contributed by atoms with Crippen LogP contribution >= 0.6 is 0 Å². The van der Waals surface area contributed by atoms with E-state index < -0.39 is 0 Å². The Kier molecular flexibility index (Phi) is 4.10. The van der Waals surface area contributed by atoms with Crippen molar-refractivity contribution in [1.82, 2.24) is 0 Å². The predicted octanol–water partition coefficient (Wildman–Crippen LogP) is -0.465. The maximum absolute atomic E-state index is 5.92. The van der Waals surface area contributed by atoms with Crippen LogP contribution in [0.15, 0.2) is 0 Å². The molecular formula is C10H19LiO2. The van der Waals surface area contributed by atoms with Gasteiger partial charge in [0.1, 0.15) is 0 Å². The molecule has 0 bridgehead atoms. The van der Waals surface area contributed by atoms with E-state index in [1.54, 1.807) is 0 Å². The summed E-state index contributed by atoms with van der Waals surface area (Å²) in [6.07, 6.45) is 1.10. The van der Waals surface area contributed by atoms with E-state index in [1.165, 1.54) is 0 Å². The van der Waals surface area contributed by atoms with Crippen LogP contribution in [-0.2, 0) is 9.47 Å². The molecule has 1 fully saturated rings. The first-order valence-electron chi connectivity index (χ1n) is 4.46. The summed E-state index contributed by atoms with van der Waals surface area (Å²) in [4.78, 5) is 0. The molecule has 0 radical (unpaired) electrons. The van der Waals surface area contributed by atoms with E-state index in [0.29, 0.717) is 0 Å². The Bertz CT molecular complexity index is 160. The molecule has 0 aromatic carbocycles. The van der Waals surface area contributed by atoms with Crippen LogP contribution in [-0.4, -0.2) is 17.3 Å². The number of hydrogen-bond acceptors (Lipinski definition) is 2. The Balaban J connectivity index is 0.00000144. The molecule has 1 heterocycles. The third-order valence-electron chi connectivity index (χ3n) is 2.70. The van der Waals surface area contributed by atoms with Crippen molar-refractivity contribution in [1.29, 1.82) is 0 Å². The van der Waals surface area contributed by atoms with Gasteiger partial charge in [-0.15, -0.1) is 0 Å². The van der Waals surface area contributed by atoms with Gasteiger partial charge in [0.15, 0.2) is 0 Å². The van der Waals surface area contributed by atoms with Gasteiger partial charge in [-0.1, -0.05) is 13.8 Å². The summed E-state index contributed by atoms with van der Waals surface area (Å²) >= 11 is 0. The van der Waals surface area contributed by atoms with E-state index in [-0.39, 0.29) is 36.2 Å². The summed E-state index contributed by atoms with van der Waals surface area (Å²) in [7, 11) is 0. The Morgan fingerprint density at radius 2 is 1.62 bits per heavy atom. The molecule has 0 spiro atoms. The molecular weight excluding hydrogens is 159 g/mol. The first-order chi connectivity index (χ1) is 5.26. The molecule has 0 amide bonds. The van der Waals surface area contributed by atoms with Crippen LogP contribution in [0.1, 0.15) is 41.5 Å². The average molecular weight is 178 g/mol. The molecule has 1 rings (SSSR count). The van der Waals surface area contributed by atoms with Gasteiger partial charge in [0.2, 0.25) is 0 Å². The molecule has 1 unspecified atom stereocenters. The predicted molar refractivity (Wildman–Crippen MR) is 48.7 cm³/mol. The first kappa shape index (κ1) is 13.5. The zero-order valence-electron chi connectivity index (χ0n) is 9.89. The number of hydrogen-bond donors (Lipinski definition) is 0. The summed E-state index contributed by atoms with van der Waals surface area (Å²) in [5.41, 5.74) is -0.445. The minimum atomic E-state index is -0.254. The zero-order valence-corrected chi connectivity index (χ0v) is 9.89. The van der Waals surface area contributed by atoms with Crippen molar-refractivity contribution < 1.29 is 28.3 Å². The second-order valence-corrected chi connectivity index (χ2v) is 4.53. The molecule has 1 saturated heterocycles. The smallest absolute Gasteiger partial charge is 0.542 e. The topological polar surface area (TPSA) is 18.5 Å². The maximum atomic E-state index is 5.92. The normalized spacial score (nSPS) is 32.3. The number of ether oxygens (including phenoxy) is 2. The summed E-state index contributed by atoms with van der Waals surface area (Å²) in [5, 5.41) is 0. The van der Waals surface area contributed by atoms with Crippen LogP contribution in [0.25, 0.3) is 0 Å². The van der Waals surface area contributed by atoms with Crippen LogP contribution in [0.3, 0.4) is 0 Å². The summed E-state index contributed by atoms with van der Waals surface area (Å²) in [5.74, 6) is 0. The van der Waals surface area contributed by atoms with Gasteiger partial charge in [-0.2, -0.15) is 13.0 Å². The molecule has 3 heteroatoms. The Morgan fingerprint density at radius 3 is 2.00 bits per heavy atom. The fourth-order valence-electron chi connectivity index (χ4n) is 1.36. The summed E-state index contributed by atoms with van der Waals surface area (Å²) < 4.78 is 11.6. The second-order valence-electron chi connectivity index (χ2n) is 4.53. The maximum Gasteiger partial charge on any atom is 1.00 e. The van der Waals surface area contributed by atoms with Gasteiger partial charge in [0.25, 0.3) is 0 Å². The van der Waals surface area contributed by atoms with Crippen molar-refractivity contribution in [3.05, 3.63) is 6.10 Å². The monoisotopic (exact) mass is 178 g/mol. The Labute approximate surface area is 93.5 Å². The Hall–Kier alpha value is 0.517. The molecule has 2 nitrogen and oxygen atoms in total. The molecule has 0 aromatic heterocycles. The average Bonchev–Trinajstić information content (AvgIpc) is 1.82. The van der Waals surface area contributed by atoms with E-state index in [4.69, 9.17) is 9.47 Å². The van der Waals surface area contributed by atoms with E-state index in [1.807, 2.05) is 27.7 Å². The molecule has 0 aromatic rings. The number of rotatable bonds is 0. The molecule has 1 aliphatic rings. The van der Waals surface area contributed by atoms with Gasteiger partial charge >= 0.3 is 18.9 Å². The largest absolute Gasteiger partial charge is 1.00 e. The second kappa shape index (κ2) is 3.94. The SMILES string of the molecule is C[C-]1OC(C)C(C)(C)OC1(C)C.[Li+]. The molecule has 13 heavy (non-hydrogen) atoms. The third-order valence-corrected chi connectivity index (χ3v) is 2.70. The fourth-order valence-corrected chi connectivity index (χ4v) is 1.36. The van der Waals surface area contributed by atoms with Crippen LogP contribution in [0.2, 0.25) is 0 Å². The molecule has 72 valence electrons. The van der Waals surface area contributed by atoms with Crippen LogP contribution in [0.5, 0.6) is 0 Å². The molecule has 1 aliphatic heterocycles. The Morgan fingerprint density at radius 1 is 1.15 bits per heavy atom. The quantitative estimate of drug-likeness (QED) is 0.369. The van der Waals surface area contributed by atoms with Gasteiger partial charge in [-0.25, -0.2) is 0 Å². The van der Waals surface area contributed by atoms with E-state index >= 15 is 0 Å². The van der Waals surface area contributed by atoms with Crippen LogP contribution < -0.4 is 18.9 Å². The molecule has 0 N–H and O–H groups in total. The third kappa shape index (κ3) is 2.73. The molecule has 0 aliphatic carbocycles. The van der Waals surface area contributed by atoms with Crippen molar-refractivity contribution in [2.75, 3.05) is 0 Å². The van der Waals surface area contributed by atoms with Gasteiger partial charge in [0, 0.05) is 6.10 Å². The molecule has 1 atom stereocenters. The minimum absolute atomic E-state index is 0. The van der Waals surface area contributed by atoms with Gasteiger partial charge in [0.05, 0.1) is 5.60 Å². The minimum Gasteiger partial charge on any atom is -0.542 e. The van der Waals surface area contributed by atoms with Gasteiger partial charge in [-0.3, -0.25) is 0 Å². The van der Waals surface area contributed by atoms with Crippen molar-refractivity contribution in [2.24, 2.45) is 0 Å². The first-order valence-corrected chi connectivity index (χ1v) is 4.46. The van der Waals surface area contributed by atoms with Crippen molar-refractivity contribution >= 4 is 0 Å². The van der Waals surface area contributed by atoms with Crippen molar-refractivity contribution in [2.45, 2.75) is 58.8 Å². The van der Waals surface area contributed by atoms with Crippen LogP contribution in [0, 0.1) is 6.10 Å². The van der Waals surface area contributed by atoms with Gasteiger partial charge < -0.3 is 9.47 Å². The van der Waals surface area contributed by atoms with E-state index in [9.17, 15) is 0 Å². The zero-order chi connectivity index (χ0) is 9.57. The van der Waals surface area contributed by atoms with E-state index in [2.05, 4.69) is 13.8 Å². The van der Waals surface area contributed by atoms with Gasteiger partial charge in [-0.05, 0) is 26.4 Å². The van der Waals surface area contributed by atoms with Crippen LogP contribution in [0.4, 0.5) is 0 Å². The fraction of sp³-hybridized carbons (Fsp3) is 0.900. The van der Waals surface area contributed by atoms with Crippen molar-refractivity contribution in [3.8, 4) is 0 Å². The summed E-state index contributed by atoms with van der Waals surface area (Å²) in [6, 6.07) is 0.